The van der Waals surface area contributed by atoms with Gasteiger partial charge in [-0.2, -0.15) is 0 Å². The van der Waals surface area contributed by atoms with Crippen LogP contribution in [-0.2, 0) is 0 Å². The van der Waals surface area contributed by atoms with Crippen molar-refractivity contribution >= 4 is 23.4 Å². The second-order valence-electron chi connectivity index (χ2n) is 2.33. The van der Waals surface area contributed by atoms with Crippen molar-refractivity contribution in [2.24, 2.45) is 0 Å². The molecule has 0 spiro atoms. The first-order chi connectivity index (χ1) is 5.77. The first-order valence-electron chi connectivity index (χ1n) is 3.79. The molecule has 0 aliphatic rings. The second-order valence-corrected chi connectivity index (χ2v) is 2.72. The van der Waals surface area contributed by atoms with Crippen molar-refractivity contribution in [1.82, 2.24) is 4.98 Å². The lowest BCUT2D eigenvalue weighted by molar-refractivity contribution is 1.19. The summed E-state index contributed by atoms with van der Waals surface area (Å²) in [5, 5.41) is 3.67. The van der Waals surface area contributed by atoms with Gasteiger partial charge in [-0.05, 0) is 13.0 Å². The van der Waals surface area contributed by atoms with Crippen LogP contribution in [-0.4, -0.2) is 11.5 Å². The van der Waals surface area contributed by atoms with Gasteiger partial charge >= 0.3 is 0 Å². The topological polar surface area (TPSA) is 24.9 Å². The van der Waals surface area contributed by atoms with Crippen LogP contribution in [0.15, 0.2) is 18.8 Å². The van der Waals surface area contributed by atoms with Crippen LogP contribution in [0.3, 0.4) is 0 Å². The van der Waals surface area contributed by atoms with Gasteiger partial charge in [0.2, 0.25) is 0 Å². The van der Waals surface area contributed by atoms with Gasteiger partial charge in [0.15, 0.2) is 0 Å². The molecule has 1 rings (SSSR count). The average molecular weight is 183 g/mol. The third-order valence-electron chi connectivity index (χ3n) is 1.49. The molecular formula is C9H11ClN2. The number of aromatic nitrogens is 1. The Morgan fingerprint density at radius 3 is 3.08 bits per heavy atom. The highest BCUT2D eigenvalue weighted by Crippen LogP contribution is 2.18. The Morgan fingerprint density at radius 1 is 1.75 bits per heavy atom. The van der Waals surface area contributed by atoms with Gasteiger partial charge in [0.25, 0.3) is 0 Å². The van der Waals surface area contributed by atoms with Crippen molar-refractivity contribution in [2.75, 3.05) is 11.9 Å². The summed E-state index contributed by atoms with van der Waals surface area (Å²) < 4.78 is 0. The Bertz CT molecular complexity index is 284. The first kappa shape index (κ1) is 9.07. The van der Waals surface area contributed by atoms with E-state index in [1.807, 2.05) is 6.92 Å². The number of hydrogen-bond acceptors (Lipinski definition) is 2. The number of pyridine rings is 1. The SMILES string of the molecule is C=Cc1cnc(Cl)cc1NCC. The van der Waals surface area contributed by atoms with Gasteiger partial charge in [0.05, 0.1) is 0 Å². The van der Waals surface area contributed by atoms with Crippen molar-refractivity contribution in [1.29, 1.82) is 0 Å². The molecule has 0 aliphatic heterocycles. The highest BCUT2D eigenvalue weighted by Gasteiger charge is 1.98. The Hall–Kier alpha value is -1.02. The van der Waals surface area contributed by atoms with Gasteiger partial charge in [-0.15, -0.1) is 0 Å². The summed E-state index contributed by atoms with van der Waals surface area (Å²) >= 11 is 5.72. The smallest absolute Gasteiger partial charge is 0.131 e. The van der Waals surface area contributed by atoms with Crippen LogP contribution in [0.4, 0.5) is 5.69 Å². The molecular weight excluding hydrogens is 172 g/mol. The Labute approximate surface area is 77.3 Å². The molecule has 2 nitrogen and oxygen atoms in total. The van der Waals surface area contributed by atoms with Crippen LogP contribution in [0.2, 0.25) is 5.15 Å². The first-order valence-corrected chi connectivity index (χ1v) is 4.17. The number of hydrogen-bond donors (Lipinski definition) is 1. The van der Waals surface area contributed by atoms with E-state index < -0.39 is 0 Å². The summed E-state index contributed by atoms with van der Waals surface area (Å²) in [6.07, 6.45) is 3.45. The van der Waals surface area contributed by atoms with Gasteiger partial charge in [0.1, 0.15) is 5.15 Å². The molecule has 0 saturated heterocycles. The molecule has 64 valence electrons. The van der Waals surface area contributed by atoms with E-state index in [4.69, 9.17) is 11.6 Å². The van der Waals surface area contributed by atoms with Gasteiger partial charge in [-0.3, -0.25) is 0 Å². The van der Waals surface area contributed by atoms with Crippen molar-refractivity contribution in [3.8, 4) is 0 Å². The molecule has 0 aromatic carbocycles. The summed E-state index contributed by atoms with van der Waals surface area (Å²) in [6, 6.07) is 1.79. The minimum atomic E-state index is 0.497. The fraction of sp³-hybridized carbons (Fsp3) is 0.222. The number of nitrogens with zero attached hydrogens (tertiary/aromatic N) is 1. The van der Waals surface area contributed by atoms with Crippen LogP contribution >= 0.6 is 11.6 Å². The minimum Gasteiger partial charge on any atom is -0.385 e. The molecule has 1 heterocycles. The van der Waals surface area contributed by atoms with Crippen molar-refractivity contribution < 1.29 is 0 Å². The predicted molar refractivity (Wildman–Crippen MR) is 53.5 cm³/mol. The quantitative estimate of drug-likeness (QED) is 0.728. The number of halogens is 1. The summed E-state index contributed by atoms with van der Waals surface area (Å²) in [6.45, 7) is 6.57. The van der Waals surface area contributed by atoms with Gasteiger partial charge in [0, 0.05) is 24.0 Å². The lowest BCUT2D eigenvalue weighted by Gasteiger charge is -2.06. The summed E-state index contributed by atoms with van der Waals surface area (Å²) in [5.41, 5.74) is 1.95. The summed E-state index contributed by atoms with van der Waals surface area (Å²) in [4.78, 5) is 3.95. The monoisotopic (exact) mass is 182 g/mol. The summed E-state index contributed by atoms with van der Waals surface area (Å²) in [7, 11) is 0. The maximum atomic E-state index is 5.72. The zero-order valence-electron chi connectivity index (χ0n) is 6.97. The van der Waals surface area contributed by atoms with E-state index >= 15 is 0 Å². The van der Waals surface area contributed by atoms with Crippen LogP contribution < -0.4 is 5.32 Å². The van der Waals surface area contributed by atoms with E-state index in [0.29, 0.717) is 5.15 Å². The standard InChI is InChI=1S/C9H11ClN2/c1-3-7-6-12-9(10)5-8(7)11-4-2/h3,5-6H,1,4H2,2H3,(H,11,12). The zero-order valence-corrected chi connectivity index (χ0v) is 7.73. The normalized spacial score (nSPS) is 9.50. The van der Waals surface area contributed by atoms with Gasteiger partial charge < -0.3 is 5.32 Å². The predicted octanol–water partition coefficient (Wildman–Crippen LogP) is 2.81. The van der Waals surface area contributed by atoms with Crippen molar-refractivity contribution in [3.63, 3.8) is 0 Å². The van der Waals surface area contributed by atoms with E-state index in [1.54, 1.807) is 18.3 Å². The van der Waals surface area contributed by atoms with Gasteiger partial charge in [-0.25, -0.2) is 4.98 Å². The van der Waals surface area contributed by atoms with E-state index in [1.165, 1.54) is 0 Å². The van der Waals surface area contributed by atoms with E-state index in [0.717, 1.165) is 17.8 Å². The summed E-state index contributed by atoms with van der Waals surface area (Å²) in [5.74, 6) is 0. The lowest BCUT2D eigenvalue weighted by atomic mass is 10.2. The average Bonchev–Trinajstić information content (AvgIpc) is 2.05. The zero-order chi connectivity index (χ0) is 8.97. The molecule has 0 amide bonds. The lowest BCUT2D eigenvalue weighted by Crippen LogP contribution is -1.98. The van der Waals surface area contributed by atoms with Crippen LogP contribution in [0.25, 0.3) is 6.08 Å². The third-order valence-corrected chi connectivity index (χ3v) is 1.70. The Kier molecular flexibility index (Phi) is 3.11. The maximum absolute atomic E-state index is 5.72. The van der Waals surface area contributed by atoms with Crippen LogP contribution in [0.5, 0.6) is 0 Å². The second kappa shape index (κ2) is 4.12. The molecule has 0 bridgehead atoms. The number of anilines is 1. The molecule has 0 saturated carbocycles. The van der Waals surface area contributed by atoms with E-state index in [2.05, 4.69) is 16.9 Å². The molecule has 0 aliphatic carbocycles. The van der Waals surface area contributed by atoms with E-state index in [-0.39, 0.29) is 0 Å². The maximum Gasteiger partial charge on any atom is 0.131 e. The van der Waals surface area contributed by atoms with Gasteiger partial charge in [-0.1, -0.05) is 24.3 Å². The fourth-order valence-corrected chi connectivity index (χ4v) is 1.10. The van der Waals surface area contributed by atoms with E-state index in [9.17, 15) is 0 Å². The molecule has 0 unspecified atom stereocenters. The van der Waals surface area contributed by atoms with Crippen LogP contribution in [0.1, 0.15) is 12.5 Å². The molecule has 0 atom stereocenters. The third kappa shape index (κ3) is 1.98. The minimum absolute atomic E-state index is 0.497. The molecule has 12 heavy (non-hydrogen) atoms. The highest BCUT2D eigenvalue weighted by atomic mass is 35.5. The van der Waals surface area contributed by atoms with Crippen molar-refractivity contribution in [2.45, 2.75) is 6.92 Å². The Morgan fingerprint density at radius 2 is 2.50 bits per heavy atom. The largest absolute Gasteiger partial charge is 0.385 e. The van der Waals surface area contributed by atoms with Crippen molar-refractivity contribution in [3.05, 3.63) is 29.6 Å². The molecule has 1 aromatic heterocycles. The fourth-order valence-electron chi connectivity index (χ4n) is 0.947. The number of rotatable bonds is 3. The number of nitrogens with one attached hydrogen (secondary N) is 1. The molecule has 1 N–H and O–H groups in total. The molecule has 3 heteroatoms. The highest BCUT2D eigenvalue weighted by molar-refractivity contribution is 6.29. The Balaban J connectivity index is 3.03. The molecule has 0 radical (unpaired) electrons. The molecule has 1 aromatic rings. The van der Waals surface area contributed by atoms with Crippen LogP contribution in [0, 0.1) is 0 Å². The molecule has 0 fully saturated rings.